The molecule has 2 aromatic carbocycles. The quantitative estimate of drug-likeness (QED) is 0.397. The van der Waals surface area contributed by atoms with E-state index in [0.717, 1.165) is 54.4 Å². The van der Waals surface area contributed by atoms with Gasteiger partial charge < -0.3 is 10.6 Å². The fourth-order valence-electron chi connectivity index (χ4n) is 7.84. The van der Waals surface area contributed by atoms with E-state index in [1.807, 2.05) is 30.3 Å². The number of hydrogen-bond donors (Lipinski definition) is 2. The molecule has 0 bridgehead atoms. The number of nitrogens with zero attached hydrogens (tertiary/aromatic N) is 3. The molecule has 2 aliphatic carbocycles. The molecule has 2 aromatic heterocycles. The Balaban J connectivity index is 1.10. The van der Waals surface area contributed by atoms with E-state index in [2.05, 4.69) is 56.9 Å². The van der Waals surface area contributed by atoms with Crippen LogP contribution >= 0.6 is 0 Å². The van der Waals surface area contributed by atoms with Crippen LogP contribution in [-0.2, 0) is 40.8 Å². The van der Waals surface area contributed by atoms with Gasteiger partial charge in [0.2, 0.25) is 11.8 Å². The van der Waals surface area contributed by atoms with Crippen LogP contribution < -0.4 is 10.6 Å². The number of aromatic nitrogens is 2. The average Bonchev–Trinajstić information content (AvgIpc) is 3.66. The van der Waals surface area contributed by atoms with Crippen LogP contribution in [0.2, 0.25) is 0 Å². The van der Waals surface area contributed by atoms with Crippen molar-refractivity contribution in [1.82, 2.24) is 20.2 Å². The van der Waals surface area contributed by atoms with Crippen LogP contribution in [0.15, 0.2) is 72.9 Å². The van der Waals surface area contributed by atoms with Crippen molar-refractivity contribution in [2.75, 3.05) is 11.9 Å². The van der Waals surface area contributed by atoms with E-state index in [1.165, 1.54) is 16.7 Å². The minimum absolute atomic E-state index is 0.0359. The molecular weight excluding hydrogens is 510 g/mol. The maximum atomic E-state index is 13.5. The number of nitrogens with one attached hydrogen (secondary N) is 2. The summed E-state index contributed by atoms with van der Waals surface area (Å²) in [4.78, 5) is 38.6. The molecule has 2 fully saturated rings. The lowest BCUT2D eigenvalue weighted by Crippen LogP contribution is -2.66. The third-order valence-corrected chi connectivity index (χ3v) is 9.88. The minimum atomic E-state index is -0.590. The monoisotopic (exact) mass is 543 g/mol. The van der Waals surface area contributed by atoms with Gasteiger partial charge in [-0.3, -0.25) is 19.5 Å². The standard InChI is InChI=1S/C34H33N5O2/c40-31-29(15-22-7-2-1-3-8-22)39(21-33(38-31)12-4-5-13-33)20-26-11-10-23-16-24-18-34(19-25(24)17-28(23)36-26)27-9-6-14-35-30(27)37-32(34)41/h1-3,6-11,14,16-17,29H,4-5,12-13,15,18-21H2,(H,38,40)(H,35,37,41)/t29-,34+/m1/s1. The summed E-state index contributed by atoms with van der Waals surface area (Å²) in [6.45, 7) is 1.48. The summed E-state index contributed by atoms with van der Waals surface area (Å²) in [5.74, 6) is 0.857. The molecule has 2 spiro atoms. The van der Waals surface area contributed by atoms with Crippen molar-refractivity contribution in [3.63, 3.8) is 0 Å². The Bertz CT molecular complexity index is 1700. The molecule has 0 unspecified atom stereocenters. The van der Waals surface area contributed by atoms with Crippen LogP contribution in [0, 0.1) is 0 Å². The number of rotatable bonds is 4. The predicted molar refractivity (Wildman–Crippen MR) is 157 cm³/mol. The number of pyridine rings is 2. The summed E-state index contributed by atoms with van der Waals surface area (Å²) in [6, 6.07) is 22.6. The molecule has 8 rings (SSSR count). The van der Waals surface area contributed by atoms with E-state index in [-0.39, 0.29) is 23.4 Å². The fraction of sp³-hybridized carbons (Fsp3) is 0.353. The maximum Gasteiger partial charge on any atom is 0.238 e. The van der Waals surface area contributed by atoms with Crippen LogP contribution in [0.4, 0.5) is 5.82 Å². The zero-order chi connectivity index (χ0) is 27.6. The Morgan fingerprint density at radius 1 is 0.927 bits per heavy atom. The molecule has 4 aromatic rings. The van der Waals surface area contributed by atoms with Gasteiger partial charge in [0.25, 0.3) is 0 Å². The highest BCUT2D eigenvalue weighted by Crippen LogP contribution is 2.47. The second-order valence-electron chi connectivity index (χ2n) is 12.5. The molecule has 206 valence electrons. The number of fused-ring (bicyclic) bond motifs is 4. The SMILES string of the molecule is O=C1NC2(CCCC2)CN(Cc2ccc3cc4c(cc3n2)C[C@]2(C4)C(=O)Nc3ncccc32)[C@@H]1Cc1ccccc1. The Kier molecular flexibility index (Phi) is 5.54. The van der Waals surface area contributed by atoms with E-state index in [4.69, 9.17) is 4.98 Å². The van der Waals surface area contributed by atoms with Crippen LogP contribution in [0.5, 0.6) is 0 Å². The summed E-state index contributed by atoms with van der Waals surface area (Å²) in [5, 5.41) is 7.52. The fourth-order valence-corrected chi connectivity index (χ4v) is 7.84. The van der Waals surface area contributed by atoms with Crippen LogP contribution in [-0.4, -0.2) is 44.8 Å². The highest BCUT2D eigenvalue weighted by molar-refractivity contribution is 6.06. The molecule has 7 heteroatoms. The van der Waals surface area contributed by atoms with Crippen molar-refractivity contribution in [2.24, 2.45) is 0 Å². The minimum Gasteiger partial charge on any atom is -0.348 e. The molecule has 0 radical (unpaired) electrons. The van der Waals surface area contributed by atoms with Crippen molar-refractivity contribution in [2.45, 2.75) is 68.5 Å². The van der Waals surface area contributed by atoms with E-state index >= 15 is 0 Å². The third kappa shape index (κ3) is 4.05. The first-order chi connectivity index (χ1) is 20.0. The lowest BCUT2D eigenvalue weighted by atomic mass is 9.79. The summed E-state index contributed by atoms with van der Waals surface area (Å²) >= 11 is 0. The second-order valence-corrected chi connectivity index (χ2v) is 12.5. The van der Waals surface area contributed by atoms with Gasteiger partial charge in [-0.2, -0.15) is 0 Å². The van der Waals surface area contributed by atoms with Crippen LogP contribution in [0.1, 0.15) is 53.6 Å². The number of benzene rings is 2. The van der Waals surface area contributed by atoms with Gasteiger partial charge in [-0.05, 0) is 73.1 Å². The molecule has 2 amide bonds. The Labute approximate surface area is 239 Å². The van der Waals surface area contributed by atoms with E-state index in [1.54, 1.807) is 6.20 Å². The first kappa shape index (κ1) is 24.7. The van der Waals surface area contributed by atoms with E-state index < -0.39 is 5.41 Å². The van der Waals surface area contributed by atoms with Crippen molar-refractivity contribution < 1.29 is 9.59 Å². The molecule has 7 nitrogen and oxygen atoms in total. The van der Waals surface area contributed by atoms with Crippen LogP contribution in [0.3, 0.4) is 0 Å². The summed E-state index contributed by atoms with van der Waals surface area (Å²) < 4.78 is 0. The lowest BCUT2D eigenvalue weighted by Gasteiger charge is -2.45. The topological polar surface area (TPSA) is 87.2 Å². The first-order valence-corrected chi connectivity index (χ1v) is 14.8. The smallest absolute Gasteiger partial charge is 0.238 e. The number of carbonyl (C=O) groups excluding carboxylic acids is 2. The number of carbonyl (C=O) groups is 2. The molecule has 2 aliphatic heterocycles. The molecular formula is C34H33N5O2. The zero-order valence-corrected chi connectivity index (χ0v) is 23.0. The van der Waals surface area contributed by atoms with Gasteiger partial charge in [0.15, 0.2) is 0 Å². The Morgan fingerprint density at radius 3 is 2.56 bits per heavy atom. The van der Waals surface area contributed by atoms with Gasteiger partial charge in [0.05, 0.1) is 28.2 Å². The van der Waals surface area contributed by atoms with Gasteiger partial charge in [-0.15, -0.1) is 0 Å². The van der Waals surface area contributed by atoms with Crippen molar-refractivity contribution in [3.8, 4) is 0 Å². The Morgan fingerprint density at radius 2 is 1.73 bits per heavy atom. The molecule has 41 heavy (non-hydrogen) atoms. The Hall–Kier alpha value is -4.10. The van der Waals surface area contributed by atoms with Gasteiger partial charge in [-0.25, -0.2) is 4.98 Å². The second kappa shape index (κ2) is 9.21. The van der Waals surface area contributed by atoms with Crippen molar-refractivity contribution >= 4 is 28.5 Å². The summed E-state index contributed by atoms with van der Waals surface area (Å²) in [5.41, 5.74) is 5.75. The highest BCUT2D eigenvalue weighted by Gasteiger charge is 2.51. The highest BCUT2D eigenvalue weighted by atomic mass is 16.2. The molecule has 1 saturated carbocycles. The number of amides is 2. The molecule has 2 N–H and O–H groups in total. The molecule has 2 atom stereocenters. The molecule has 1 saturated heterocycles. The number of anilines is 1. The maximum absolute atomic E-state index is 13.5. The lowest BCUT2D eigenvalue weighted by molar-refractivity contribution is -0.134. The normalized spacial score (nSPS) is 24.5. The largest absolute Gasteiger partial charge is 0.348 e. The van der Waals surface area contributed by atoms with Crippen LogP contribution in [0.25, 0.3) is 10.9 Å². The number of piperazine rings is 1. The third-order valence-electron chi connectivity index (χ3n) is 9.88. The summed E-state index contributed by atoms with van der Waals surface area (Å²) in [7, 11) is 0. The zero-order valence-electron chi connectivity index (χ0n) is 23.0. The molecule has 4 heterocycles. The average molecular weight is 544 g/mol. The van der Waals surface area contributed by atoms with Gasteiger partial charge in [-0.1, -0.05) is 55.3 Å². The predicted octanol–water partition coefficient (Wildman–Crippen LogP) is 4.47. The van der Waals surface area contributed by atoms with Crippen molar-refractivity contribution in [1.29, 1.82) is 0 Å². The first-order valence-electron chi connectivity index (χ1n) is 14.8. The van der Waals surface area contributed by atoms with Gasteiger partial charge >= 0.3 is 0 Å². The summed E-state index contributed by atoms with van der Waals surface area (Å²) in [6.07, 6.45) is 8.15. The molecule has 4 aliphatic rings. The number of hydrogen-bond acceptors (Lipinski definition) is 5. The van der Waals surface area contributed by atoms with E-state index in [9.17, 15) is 9.59 Å². The van der Waals surface area contributed by atoms with Crippen molar-refractivity contribution in [3.05, 3.63) is 101 Å². The van der Waals surface area contributed by atoms with E-state index in [0.29, 0.717) is 31.6 Å². The van der Waals surface area contributed by atoms with Gasteiger partial charge in [0.1, 0.15) is 5.82 Å². The van der Waals surface area contributed by atoms with Gasteiger partial charge in [0, 0.05) is 30.2 Å².